The highest BCUT2D eigenvalue weighted by molar-refractivity contribution is 5.68. The van der Waals surface area contributed by atoms with E-state index in [1.165, 1.54) is 29.5 Å². The summed E-state index contributed by atoms with van der Waals surface area (Å²) in [5.41, 5.74) is 15.0. The first-order valence-electron chi connectivity index (χ1n) is 15.3. The number of hydrogen-bond donors (Lipinski definition) is 2. The first kappa shape index (κ1) is 25.4. The van der Waals surface area contributed by atoms with Gasteiger partial charge in [0.15, 0.2) is 5.82 Å². The predicted octanol–water partition coefficient (Wildman–Crippen LogP) is 5.02. The van der Waals surface area contributed by atoms with Gasteiger partial charge in [0, 0.05) is 29.3 Å². The summed E-state index contributed by atoms with van der Waals surface area (Å²) in [6, 6.07) is 20.2. The molecule has 4 aliphatic rings. The van der Waals surface area contributed by atoms with E-state index in [4.69, 9.17) is 5.73 Å². The third-order valence-electron chi connectivity index (χ3n) is 10.1. The van der Waals surface area contributed by atoms with Crippen LogP contribution in [0.4, 0.5) is 17.6 Å². The van der Waals surface area contributed by atoms with E-state index in [0.29, 0.717) is 23.2 Å². The lowest BCUT2D eigenvalue weighted by Gasteiger charge is -2.26. The summed E-state index contributed by atoms with van der Waals surface area (Å²) in [7, 11) is 0. The second kappa shape index (κ2) is 9.92. The van der Waals surface area contributed by atoms with Crippen LogP contribution >= 0.6 is 0 Å². The molecule has 3 atom stereocenters. The maximum atomic E-state index is 9.38. The second-order valence-electron chi connectivity index (χ2n) is 12.6. The van der Waals surface area contributed by atoms with Crippen molar-refractivity contribution in [2.24, 2.45) is 11.3 Å². The Hall–Kier alpha value is -4.29. The Morgan fingerprint density at radius 1 is 0.952 bits per heavy atom. The molecule has 3 aliphatic carbocycles. The van der Waals surface area contributed by atoms with E-state index >= 15 is 0 Å². The summed E-state index contributed by atoms with van der Waals surface area (Å²) in [6.45, 7) is 2.25. The molecule has 0 radical (unpaired) electrons. The molecule has 1 saturated heterocycles. The Kier molecular flexibility index (Phi) is 6.00. The average Bonchev–Trinajstić information content (AvgIpc) is 3.51. The Balaban J connectivity index is 0.975. The largest absolute Gasteiger partial charge is 0.368 e. The predicted molar refractivity (Wildman–Crippen MR) is 161 cm³/mol. The number of benzene rings is 2. The van der Waals surface area contributed by atoms with Gasteiger partial charge in [-0.3, -0.25) is 4.90 Å². The van der Waals surface area contributed by atoms with Crippen LogP contribution in [0.15, 0.2) is 48.5 Å². The number of nitrogen functional groups attached to an aromatic ring is 1. The molecule has 4 aromatic rings. The Bertz CT molecular complexity index is 1720. The summed E-state index contributed by atoms with van der Waals surface area (Å²) in [5.74, 6) is 1.58. The fraction of sp³-hybridized carbons (Fsp3) is 0.424. The van der Waals surface area contributed by atoms with Crippen molar-refractivity contribution in [2.45, 2.75) is 63.8 Å². The van der Waals surface area contributed by atoms with E-state index in [0.717, 1.165) is 80.5 Å². The fourth-order valence-electron chi connectivity index (χ4n) is 7.61. The smallest absolute Gasteiger partial charge is 0.248 e. The van der Waals surface area contributed by atoms with Gasteiger partial charge in [0.25, 0.3) is 0 Å². The number of aromatic nitrogens is 5. The van der Waals surface area contributed by atoms with Crippen molar-refractivity contribution in [3.63, 3.8) is 0 Å². The van der Waals surface area contributed by atoms with Gasteiger partial charge < -0.3 is 11.1 Å². The minimum atomic E-state index is 0.274. The van der Waals surface area contributed by atoms with Gasteiger partial charge in [0.2, 0.25) is 11.9 Å². The van der Waals surface area contributed by atoms with Crippen LogP contribution < -0.4 is 11.1 Å². The molecule has 3 N–H and O–H groups in total. The van der Waals surface area contributed by atoms with Crippen molar-refractivity contribution in [3.8, 4) is 23.1 Å². The summed E-state index contributed by atoms with van der Waals surface area (Å²) < 4.78 is 1.57. The molecule has 2 aromatic heterocycles. The minimum absolute atomic E-state index is 0.274. The van der Waals surface area contributed by atoms with Gasteiger partial charge in [-0.15, -0.1) is 15.3 Å². The second-order valence-corrected chi connectivity index (χ2v) is 12.6. The number of hydrogen-bond acceptors (Lipinski definition) is 8. The van der Waals surface area contributed by atoms with Crippen LogP contribution in [0, 0.1) is 22.7 Å². The van der Waals surface area contributed by atoms with Gasteiger partial charge in [0.1, 0.15) is 0 Å². The van der Waals surface area contributed by atoms with Crippen molar-refractivity contribution in [1.82, 2.24) is 29.9 Å². The molecule has 1 spiro atoms. The topological polar surface area (TPSA) is 122 Å². The molecular formula is C33H35N9. The number of anilines is 3. The van der Waals surface area contributed by atoms with Gasteiger partial charge >= 0.3 is 0 Å². The molecule has 9 heteroatoms. The lowest BCUT2D eigenvalue weighted by Crippen LogP contribution is -2.34. The van der Waals surface area contributed by atoms with E-state index in [1.807, 2.05) is 6.07 Å². The fourth-order valence-corrected chi connectivity index (χ4v) is 7.61. The Morgan fingerprint density at radius 3 is 2.69 bits per heavy atom. The first-order chi connectivity index (χ1) is 20.6. The molecule has 0 amide bonds. The van der Waals surface area contributed by atoms with Crippen LogP contribution in [0.3, 0.4) is 0 Å². The Labute approximate surface area is 245 Å². The van der Waals surface area contributed by atoms with E-state index in [-0.39, 0.29) is 11.9 Å². The van der Waals surface area contributed by atoms with Gasteiger partial charge in [-0.25, -0.2) is 0 Å². The zero-order chi connectivity index (χ0) is 28.3. The molecule has 2 fully saturated rings. The maximum Gasteiger partial charge on any atom is 0.248 e. The highest BCUT2D eigenvalue weighted by atomic mass is 15.4. The quantitative estimate of drug-likeness (QED) is 0.336. The Morgan fingerprint density at radius 2 is 1.81 bits per heavy atom. The summed E-state index contributed by atoms with van der Waals surface area (Å²) in [5, 5.41) is 26.5. The van der Waals surface area contributed by atoms with Gasteiger partial charge in [-0.05, 0) is 105 Å². The minimum Gasteiger partial charge on any atom is -0.368 e. The van der Waals surface area contributed by atoms with E-state index in [1.54, 1.807) is 4.68 Å². The third-order valence-corrected chi connectivity index (χ3v) is 10.1. The van der Waals surface area contributed by atoms with Gasteiger partial charge in [0.05, 0.1) is 17.7 Å². The lowest BCUT2D eigenvalue weighted by atomic mass is 10.0. The standard InChI is InChI=1S/C33H35N9/c34-19-25-18-33(25)14-15-41(20-33)27-12-9-21-8-11-26(16-23(21)10-13-27)36-32-37-31(35)42(40-32)29-17-24-6-3-5-22-4-1-2-7-28(22)30(24)39-38-29/h1-2,4,7-8,11,16-17,25,27H,3,5-6,9-10,12-15,18,20H2,(H3,35,36,37,40)/t25-,27-,33?/m0/s1. The zero-order valence-corrected chi connectivity index (χ0v) is 23.8. The van der Waals surface area contributed by atoms with Crippen molar-refractivity contribution in [3.05, 3.63) is 70.8 Å². The normalized spacial score (nSPS) is 24.6. The van der Waals surface area contributed by atoms with Crippen LogP contribution in [-0.2, 0) is 25.7 Å². The highest BCUT2D eigenvalue weighted by Crippen LogP contribution is 2.58. The van der Waals surface area contributed by atoms with Crippen molar-refractivity contribution >= 4 is 17.6 Å². The molecule has 1 aliphatic heterocycles. The number of nitrogens with one attached hydrogen (secondary N) is 1. The molecule has 9 nitrogen and oxygen atoms in total. The van der Waals surface area contributed by atoms with Gasteiger partial charge in [-0.2, -0.15) is 14.9 Å². The van der Waals surface area contributed by atoms with Crippen LogP contribution in [0.5, 0.6) is 0 Å². The maximum absolute atomic E-state index is 9.38. The summed E-state index contributed by atoms with van der Waals surface area (Å²) >= 11 is 0. The number of likely N-dealkylation sites (tertiary alicyclic amines) is 1. The monoisotopic (exact) mass is 557 g/mol. The number of nitriles is 1. The van der Waals surface area contributed by atoms with Crippen LogP contribution in [0.2, 0.25) is 0 Å². The molecule has 1 unspecified atom stereocenters. The molecular weight excluding hydrogens is 522 g/mol. The number of nitrogens with zero attached hydrogens (tertiary/aromatic N) is 7. The van der Waals surface area contributed by atoms with E-state index in [9.17, 15) is 5.26 Å². The van der Waals surface area contributed by atoms with Crippen molar-refractivity contribution in [2.75, 3.05) is 24.1 Å². The molecule has 8 rings (SSSR count). The SMILES string of the molecule is N#C[C@@H]1CC12CCN([C@H]1CCc3ccc(Nc4nc(N)n(-c5cc6c(nn5)-c5ccccc5CCC6)n4)cc3CC1)C2. The molecule has 3 heterocycles. The van der Waals surface area contributed by atoms with E-state index in [2.05, 4.69) is 79.0 Å². The van der Waals surface area contributed by atoms with Crippen LogP contribution in [0.25, 0.3) is 17.1 Å². The van der Waals surface area contributed by atoms with Crippen molar-refractivity contribution in [1.29, 1.82) is 5.26 Å². The highest BCUT2D eigenvalue weighted by Gasteiger charge is 2.58. The van der Waals surface area contributed by atoms with Crippen LogP contribution in [0.1, 0.15) is 54.4 Å². The summed E-state index contributed by atoms with van der Waals surface area (Å²) in [6.07, 6.45) is 9.81. The number of fused-ring (bicyclic) bond motifs is 4. The number of aryl methyl sites for hydroxylation is 4. The first-order valence-corrected chi connectivity index (χ1v) is 15.3. The van der Waals surface area contributed by atoms with Crippen molar-refractivity contribution < 1.29 is 0 Å². The lowest BCUT2D eigenvalue weighted by molar-refractivity contribution is 0.210. The molecule has 212 valence electrons. The third kappa shape index (κ3) is 4.42. The van der Waals surface area contributed by atoms with Gasteiger partial charge in [-0.1, -0.05) is 30.3 Å². The average molecular weight is 558 g/mol. The molecule has 42 heavy (non-hydrogen) atoms. The number of rotatable bonds is 4. The van der Waals surface area contributed by atoms with E-state index < -0.39 is 0 Å². The molecule has 1 saturated carbocycles. The zero-order valence-electron chi connectivity index (χ0n) is 23.8. The van der Waals surface area contributed by atoms with Crippen LogP contribution in [-0.4, -0.2) is 49.0 Å². The summed E-state index contributed by atoms with van der Waals surface area (Å²) in [4.78, 5) is 7.17. The number of nitrogens with two attached hydrogens (primary N) is 1. The molecule has 2 aromatic carbocycles. The molecule has 0 bridgehead atoms.